The van der Waals surface area contributed by atoms with E-state index in [4.69, 9.17) is 14.8 Å². The van der Waals surface area contributed by atoms with Crippen LogP contribution in [0.15, 0.2) is 12.3 Å². The van der Waals surface area contributed by atoms with Crippen molar-refractivity contribution in [1.29, 1.82) is 0 Å². The molecule has 6 heteroatoms. The molecule has 1 rings (SSSR count). The third kappa shape index (κ3) is 2.16. The molecule has 0 saturated carbocycles. The standard InChI is InChI=1S/C7H9BFNO3/c1-2-13-7-6(9)5(8(11)12)3-4-10-7/h3-4,11-12H,2H2,1H3. The highest BCUT2D eigenvalue weighted by Gasteiger charge is 2.20. The zero-order valence-electron chi connectivity index (χ0n) is 7.07. The first kappa shape index (κ1) is 9.95. The van der Waals surface area contributed by atoms with Gasteiger partial charge in [-0.15, -0.1) is 0 Å². The van der Waals surface area contributed by atoms with E-state index in [-0.39, 0.29) is 17.9 Å². The summed E-state index contributed by atoms with van der Waals surface area (Å²) in [5, 5.41) is 17.5. The first-order chi connectivity index (χ1) is 6.16. The average molecular weight is 185 g/mol. The third-order valence-electron chi connectivity index (χ3n) is 1.45. The highest BCUT2D eigenvalue weighted by atomic mass is 19.1. The van der Waals surface area contributed by atoms with Crippen LogP contribution in [0.2, 0.25) is 0 Å². The number of pyridine rings is 1. The van der Waals surface area contributed by atoms with Gasteiger partial charge in [-0.1, -0.05) is 0 Å². The predicted molar refractivity (Wildman–Crippen MR) is 45.2 cm³/mol. The predicted octanol–water partition coefficient (Wildman–Crippen LogP) is -0.701. The topological polar surface area (TPSA) is 62.6 Å². The van der Waals surface area contributed by atoms with E-state index in [1.54, 1.807) is 6.92 Å². The van der Waals surface area contributed by atoms with Gasteiger partial charge in [-0.3, -0.25) is 0 Å². The molecule has 0 radical (unpaired) electrons. The molecular weight excluding hydrogens is 176 g/mol. The zero-order valence-corrected chi connectivity index (χ0v) is 7.07. The van der Waals surface area contributed by atoms with E-state index in [9.17, 15) is 4.39 Å². The molecule has 0 aliphatic carbocycles. The maximum absolute atomic E-state index is 13.2. The van der Waals surface area contributed by atoms with Crippen molar-refractivity contribution < 1.29 is 19.2 Å². The summed E-state index contributed by atoms with van der Waals surface area (Å²) in [7, 11) is -1.85. The Kier molecular flexibility index (Phi) is 3.22. The summed E-state index contributed by atoms with van der Waals surface area (Å²) in [5.41, 5.74) is -0.238. The quantitative estimate of drug-likeness (QED) is 0.611. The number of rotatable bonds is 3. The van der Waals surface area contributed by atoms with Crippen molar-refractivity contribution in [2.75, 3.05) is 6.61 Å². The van der Waals surface area contributed by atoms with Gasteiger partial charge in [0.05, 0.1) is 6.61 Å². The van der Waals surface area contributed by atoms with Crippen LogP contribution in [0.25, 0.3) is 0 Å². The molecule has 4 nitrogen and oxygen atoms in total. The smallest absolute Gasteiger partial charge is 0.476 e. The minimum Gasteiger partial charge on any atom is -0.476 e. The van der Waals surface area contributed by atoms with Crippen molar-refractivity contribution in [2.45, 2.75) is 6.92 Å². The number of aromatic nitrogens is 1. The number of hydrogen-bond acceptors (Lipinski definition) is 4. The Labute approximate surface area is 75.1 Å². The molecule has 0 aliphatic heterocycles. The van der Waals surface area contributed by atoms with Crippen LogP contribution in [-0.2, 0) is 0 Å². The van der Waals surface area contributed by atoms with E-state index in [1.165, 1.54) is 12.3 Å². The average Bonchev–Trinajstić information content (AvgIpc) is 2.08. The van der Waals surface area contributed by atoms with Gasteiger partial charge in [-0.05, 0) is 13.0 Å². The minimum atomic E-state index is -1.85. The lowest BCUT2D eigenvalue weighted by Gasteiger charge is -2.06. The van der Waals surface area contributed by atoms with Crippen LogP contribution in [-0.4, -0.2) is 28.8 Å². The Balaban J connectivity index is 3.03. The van der Waals surface area contributed by atoms with Crippen molar-refractivity contribution in [1.82, 2.24) is 4.98 Å². The van der Waals surface area contributed by atoms with Gasteiger partial charge in [-0.2, -0.15) is 0 Å². The SMILES string of the molecule is CCOc1nccc(B(O)O)c1F. The molecule has 0 saturated heterocycles. The van der Waals surface area contributed by atoms with Gasteiger partial charge in [0.15, 0.2) is 5.82 Å². The molecule has 0 amide bonds. The van der Waals surface area contributed by atoms with Crippen molar-refractivity contribution in [3.63, 3.8) is 0 Å². The largest absolute Gasteiger partial charge is 0.491 e. The second kappa shape index (κ2) is 4.20. The molecule has 1 aromatic rings. The molecule has 13 heavy (non-hydrogen) atoms. The summed E-state index contributed by atoms with van der Waals surface area (Å²) in [6, 6.07) is 1.18. The summed E-state index contributed by atoms with van der Waals surface area (Å²) in [6.07, 6.45) is 1.25. The normalized spacial score (nSPS) is 9.85. The van der Waals surface area contributed by atoms with Crippen LogP contribution in [0.3, 0.4) is 0 Å². The Morgan fingerprint density at radius 1 is 1.62 bits per heavy atom. The van der Waals surface area contributed by atoms with Crippen LogP contribution in [0.4, 0.5) is 4.39 Å². The van der Waals surface area contributed by atoms with Crippen molar-refractivity contribution in [2.24, 2.45) is 0 Å². The van der Waals surface area contributed by atoms with E-state index < -0.39 is 12.9 Å². The molecule has 0 bridgehead atoms. The second-order valence-electron chi connectivity index (χ2n) is 2.33. The number of hydrogen-bond donors (Lipinski definition) is 2. The second-order valence-corrected chi connectivity index (χ2v) is 2.33. The van der Waals surface area contributed by atoms with E-state index in [2.05, 4.69) is 4.98 Å². The van der Waals surface area contributed by atoms with E-state index in [1.807, 2.05) is 0 Å². The summed E-state index contributed by atoms with van der Waals surface area (Å²) >= 11 is 0. The van der Waals surface area contributed by atoms with E-state index >= 15 is 0 Å². The van der Waals surface area contributed by atoms with E-state index in [0.717, 1.165) is 0 Å². The molecule has 0 spiro atoms. The highest BCUT2D eigenvalue weighted by molar-refractivity contribution is 6.58. The molecule has 0 unspecified atom stereocenters. The number of ether oxygens (including phenoxy) is 1. The van der Waals surface area contributed by atoms with Crippen LogP contribution in [0, 0.1) is 5.82 Å². The summed E-state index contributed by atoms with van der Waals surface area (Å²) in [4.78, 5) is 3.59. The molecule has 0 fully saturated rings. The van der Waals surface area contributed by atoms with Crippen molar-refractivity contribution >= 4 is 12.6 Å². The van der Waals surface area contributed by atoms with E-state index in [0.29, 0.717) is 0 Å². The summed E-state index contributed by atoms with van der Waals surface area (Å²) in [5.74, 6) is -1.05. The molecular formula is C7H9BFNO3. The number of halogens is 1. The van der Waals surface area contributed by atoms with Gasteiger partial charge in [0.2, 0.25) is 5.88 Å². The molecule has 2 N–H and O–H groups in total. The van der Waals surface area contributed by atoms with Gasteiger partial charge in [0.25, 0.3) is 0 Å². The first-order valence-electron chi connectivity index (χ1n) is 3.80. The lowest BCUT2D eigenvalue weighted by molar-refractivity contribution is 0.307. The van der Waals surface area contributed by atoms with Crippen molar-refractivity contribution in [3.05, 3.63) is 18.1 Å². The Morgan fingerprint density at radius 2 is 2.31 bits per heavy atom. The highest BCUT2D eigenvalue weighted by Crippen LogP contribution is 2.09. The fourth-order valence-electron chi connectivity index (χ4n) is 0.875. The maximum Gasteiger partial charge on any atom is 0.491 e. The first-order valence-corrected chi connectivity index (χ1v) is 3.80. The minimum absolute atomic E-state index is 0.215. The Hall–Kier alpha value is -1.14. The maximum atomic E-state index is 13.2. The van der Waals surface area contributed by atoms with Gasteiger partial charge < -0.3 is 14.8 Å². The van der Waals surface area contributed by atoms with Gasteiger partial charge >= 0.3 is 7.12 Å². The Morgan fingerprint density at radius 3 is 2.85 bits per heavy atom. The fraction of sp³-hybridized carbons (Fsp3) is 0.286. The lowest BCUT2D eigenvalue weighted by atomic mass is 9.80. The zero-order chi connectivity index (χ0) is 9.84. The van der Waals surface area contributed by atoms with Crippen molar-refractivity contribution in [3.8, 4) is 5.88 Å². The van der Waals surface area contributed by atoms with Gasteiger partial charge in [0, 0.05) is 11.7 Å². The van der Waals surface area contributed by atoms with Gasteiger partial charge in [0.1, 0.15) is 0 Å². The van der Waals surface area contributed by atoms with Crippen LogP contribution in [0.5, 0.6) is 5.88 Å². The third-order valence-corrected chi connectivity index (χ3v) is 1.45. The van der Waals surface area contributed by atoms with Gasteiger partial charge in [-0.25, -0.2) is 9.37 Å². The number of nitrogens with zero attached hydrogens (tertiary/aromatic N) is 1. The summed E-state index contributed by atoms with van der Waals surface area (Å²) < 4.78 is 18.0. The van der Waals surface area contributed by atoms with Crippen LogP contribution >= 0.6 is 0 Å². The lowest BCUT2D eigenvalue weighted by Crippen LogP contribution is -2.33. The molecule has 1 heterocycles. The van der Waals surface area contributed by atoms with Crippen LogP contribution < -0.4 is 10.2 Å². The molecule has 0 aliphatic rings. The summed E-state index contributed by atoms with van der Waals surface area (Å²) in [6.45, 7) is 1.96. The monoisotopic (exact) mass is 185 g/mol. The molecule has 1 aromatic heterocycles. The van der Waals surface area contributed by atoms with Crippen LogP contribution in [0.1, 0.15) is 6.92 Å². The molecule has 70 valence electrons. The molecule has 0 atom stereocenters. The Bertz CT molecular complexity index is 295. The molecule has 0 aromatic carbocycles. The fourth-order valence-corrected chi connectivity index (χ4v) is 0.875.